The standard InChI is InChI=1S/C10H15BO3/c1-10(2,3)8-4-6-9(7-5-8)14-11(12)13/h4-7,12-13H,1-3H3. The molecule has 0 aliphatic carbocycles. The molecule has 0 aromatic heterocycles. The van der Waals surface area contributed by atoms with Crippen molar-refractivity contribution in [2.24, 2.45) is 0 Å². The van der Waals surface area contributed by atoms with Crippen molar-refractivity contribution in [1.29, 1.82) is 0 Å². The molecular formula is C10H15BO3. The van der Waals surface area contributed by atoms with E-state index in [-0.39, 0.29) is 5.41 Å². The third-order valence-corrected chi connectivity index (χ3v) is 1.96. The molecule has 0 atom stereocenters. The maximum atomic E-state index is 8.57. The van der Waals surface area contributed by atoms with Gasteiger partial charge in [0.1, 0.15) is 5.75 Å². The molecule has 14 heavy (non-hydrogen) atoms. The molecule has 2 N–H and O–H groups in total. The van der Waals surface area contributed by atoms with Gasteiger partial charge in [0.25, 0.3) is 0 Å². The summed E-state index contributed by atoms with van der Waals surface area (Å²) in [6.07, 6.45) is 0. The van der Waals surface area contributed by atoms with Crippen molar-refractivity contribution in [3.05, 3.63) is 29.8 Å². The average molecular weight is 194 g/mol. The van der Waals surface area contributed by atoms with Gasteiger partial charge >= 0.3 is 7.32 Å². The summed E-state index contributed by atoms with van der Waals surface area (Å²) in [4.78, 5) is 0. The first-order valence-electron chi connectivity index (χ1n) is 4.53. The summed E-state index contributed by atoms with van der Waals surface area (Å²) in [5.74, 6) is 0.452. The molecule has 0 radical (unpaired) electrons. The molecule has 1 rings (SSSR count). The van der Waals surface area contributed by atoms with E-state index in [2.05, 4.69) is 20.8 Å². The average Bonchev–Trinajstić information content (AvgIpc) is 2.02. The van der Waals surface area contributed by atoms with Crippen molar-refractivity contribution in [2.45, 2.75) is 26.2 Å². The van der Waals surface area contributed by atoms with E-state index in [1.54, 1.807) is 12.1 Å². The molecule has 4 heteroatoms. The van der Waals surface area contributed by atoms with E-state index in [9.17, 15) is 0 Å². The zero-order chi connectivity index (χ0) is 10.8. The van der Waals surface area contributed by atoms with E-state index in [0.29, 0.717) is 5.75 Å². The van der Waals surface area contributed by atoms with Gasteiger partial charge in [0.05, 0.1) is 0 Å². The second-order valence-electron chi connectivity index (χ2n) is 4.22. The lowest BCUT2D eigenvalue weighted by atomic mass is 9.87. The van der Waals surface area contributed by atoms with Crippen LogP contribution in [0.5, 0.6) is 5.75 Å². The van der Waals surface area contributed by atoms with Crippen LogP contribution in [0.25, 0.3) is 0 Å². The summed E-state index contributed by atoms with van der Waals surface area (Å²) in [5.41, 5.74) is 1.27. The summed E-state index contributed by atoms with van der Waals surface area (Å²) < 4.78 is 4.69. The predicted molar refractivity (Wildman–Crippen MR) is 56.0 cm³/mol. The number of hydrogen-bond acceptors (Lipinski definition) is 3. The Morgan fingerprint density at radius 2 is 1.57 bits per heavy atom. The van der Waals surface area contributed by atoms with Crippen LogP contribution in [0.15, 0.2) is 24.3 Å². The molecule has 76 valence electrons. The molecule has 0 saturated heterocycles. The Morgan fingerprint density at radius 3 is 1.93 bits per heavy atom. The highest BCUT2D eigenvalue weighted by Gasteiger charge is 2.14. The largest absolute Gasteiger partial charge is 0.707 e. The molecule has 1 aromatic rings. The summed E-state index contributed by atoms with van der Waals surface area (Å²) >= 11 is 0. The third-order valence-electron chi connectivity index (χ3n) is 1.96. The third kappa shape index (κ3) is 3.05. The van der Waals surface area contributed by atoms with Gasteiger partial charge in [-0.1, -0.05) is 32.9 Å². The smallest absolute Gasteiger partial charge is 0.512 e. The Morgan fingerprint density at radius 1 is 1.07 bits per heavy atom. The van der Waals surface area contributed by atoms with E-state index in [1.165, 1.54) is 5.56 Å². The van der Waals surface area contributed by atoms with E-state index in [0.717, 1.165) is 0 Å². The molecule has 0 fully saturated rings. The minimum absolute atomic E-state index is 0.0936. The SMILES string of the molecule is CC(C)(C)c1ccc(OB(O)O)cc1. The number of rotatable bonds is 2. The molecule has 1 aromatic carbocycles. The van der Waals surface area contributed by atoms with E-state index in [4.69, 9.17) is 14.7 Å². The highest BCUT2D eigenvalue weighted by atomic mass is 16.6. The van der Waals surface area contributed by atoms with Gasteiger partial charge in [0, 0.05) is 0 Å². The second-order valence-corrected chi connectivity index (χ2v) is 4.22. The van der Waals surface area contributed by atoms with Crippen molar-refractivity contribution in [2.75, 3.05) is 0 Å². The first-order valence-corrected chi connectivity index (χ1v) is 4.53. The fourth-order valence-corrected chi connectivity index (χ4v) is 1.16. The molecule has 0 aliphatic rings. The van der Waals surface area contributed by atoms with Gasteiger partial charge in [0.2, 0.25) is 0 Å². The zero-order valence-corrected chi connectivity index (χ0v) is 8.69. The van der Waals surface area contributed by atoms with Crippen molar-refractivity contribution in [3.63, 3.8) is 0 Å². The van der Waals surface area contributed by atoms with Crippen molar-refractivity contribution >= 4 is 7.32 Å². The minimum Gasteiger partial charge on any atom is -0.512 e. The Hall–Kier alpha value is -0.995. The summed E-state index contributed by atoms with van der Waals surface area (Å²) in [5, 5.41) is 17.1. The normalized spacial score (nSPS) is 11.2. The first-order chi connectivity index (χ1) is 6.39. The van der Waals surface area contributed by atoms with E-state index in [1.807, 2.05) is 12.1 Å². The maximum absolute atomic E-state index is 8.57. The maximum Gasteiger partial charge on any atom is 0.707 e. The predicted octanol–water partition coefficient (Wildman–Crippen LogP) is 1.33. The van der Waals surface area contributed by atoms with Gasteiger partial charge < -0.3 is 14.7 Å². The molecule has 0 aliphatic heterocycles. The highest BCUT2D eigenvalue weighted by molar-refractivity contribution is 6.33. The van der Waals surface area contributed by atoms with Crippen LogP contribution in [0, 0.1) is 0 Å². The Balaban J connectivity index is 2.79. The molecule has 0 spiro atoms. The van der Waals surface area contributed by atoms with Gasteiger partial charge in [-0.05, 0) is 23.1 Å². The van der Waals surface area contributed by atoms with E-state index < -0.39 is 7.32 Å². The Labute approximate surface area is 84.5 Å². The first kappa shape index (κ1) is 11.1. The van der Waals surface area contributed by atoms with Crippen LogP contribution in [-0.4, -0.2) is 17.4 Å². The Kier molecular flexibility index (Phi) is 3.19. The fraction of sp³-hybridized carbons (Fsp3) is 0.400. The lowest BCUT2D eigenvalue weighted by molar-refractivity contribution is 0.288. The second kappa shape index (κ2) is 4.03. The fourth-order valence-electron chi connectivity index (χ4n) is 1.16. The number of benzene rings is 1. The van der Waals surface area contributed by atoms with Crippen molar-refractivity contribution in [1.82, 2.24) is 0 Å². The molecule has 0 bridgehead atoms. The summed E-state index contributed by atoms with van der Waals surface area (Å²) in [6, 6.07) is 7.27. The van der Waals surface area contributed by atoms with Gasteiger partial charge in [-0.2, -0.15) is 0 Å². The number of hydrogen-bond donors (Lipinski definition) is 2. The van der Waals surface area contributed by atoms with Gasteiger partial charge in [-0.25, -0.2) is 0 Å². The quantitative estimate of drug-likeness (QED) is 0.698. The molecule has 3 nitrogen and oxygen atoms in total. The van der Waals surface area contributed by atoms with Crippen LogP contribution >= 0.6 is 0 Å². The van der Waals surface area contributed by atoms with E-state index >= 15 is 0 Å². The van der Waals surface area contributed by atoms with Crippen LogP contribution < -0.4 is 4.65 Å². The van der Waals surface area contributed by atoms with Gasteiger partial charge in [-0.3, -0.25) is 0 Å². The minimum atomic E-state index is -1.75. The van der Waals surface area contributed by atoms with Gasteiger partial charge in [-0.15, -0.1) is 0 Å². The van der Waals surface area contributed by atoms with Crippen LogP contribution in [0.1, 0.15) is 26.3 Å². The molecule has 0 amide bonds. The lowest BCUT2D eigenvalue weighted by Gasteiger charge is -2.19. The van der Waals surface area contributed by atoms with Crippen LogP contribution in [-0.2, 0) is 5.41 Å². The monoisotopic (exact) mass is 194 g/mol. The molecule has 0 saturated carbocycles. The molecule has 0 unspecified atom stereocenters. The molecule has 0 heterocycles. The van der Waals surface area contributed by atoms with Crippen LogP contribution in [0.2, 0.25) is 0 Å². The van der Waals surface area contributed by atoms with Crippen LogP contribution in [0.3, 0.4) is 0 Å². The lowest BCUT2D eigenvalue weighted by Crippen LogP contribution is -2.20. The molecular weight excluding hydrogens is 179 g/mol. The summed E-state index contributed by atoms with van der Waals surface area (Å²) in [6.45, 7) is 6.34. The van der Waals surface area contributed by atoms with Crippen molar-refractivity contribution < 1.29 is 14.7 Å². The Bertz CT molecular complexity index is 287. The zero-order valence-electron chi connectivity index (χ0n) is 8.69. The topological polar surface area (TPSA) is 49.7 Å². The summed E-state index contributed by atoms with van der Waals surface area (Å²) in [7, 11) is -1.75. The highest BCUT2D eigenvalue weighted by Crippen LogP contribution is 2.24. The van der Waals surface area contributed by atoms with Crippen molar-refractivity contribution in [3.8, 4) is 5.75 Å². The van der Waals surface area contributed by atoms with Crippen LogP contribution in [0.4, 0.5) is 0 Å². The van der Waals surface area contributed by atoms with Gasteiger partial charge in [0.15, 0.2) is 0 Å².